The van der Waals surface area contributed by atoms with Gasteiger partial charge in [-0.15, -0.1) is 0 Å². The second kappa shape index (κ2) is 10.2. The fourth-order valence-electron chi connectivity index (χ4n) is 4.01. The van der Waals surface area contributed by atoms with Crippen LogP contribution in [-0.4, -0.2) is 63.1 Å². The van der Waals surface area contributed by atoms with E-state index in [1.165, 1.54) is 15.9 Å². The lowest BCUT2D eigenvalue weighted by Crippen LogP contribution is -2.49. The number of aryl methyl sites for hydroxylation is 1. The summed E-state index contributed by atoms with van der Waals surface area (Å²) in [7, 11) is 0. The van der Waals surface area contributed by atoms with Crippen LogP contribution >= 0.6 is 22.9 Å². The highest BCUT2D eigenvalue weighted by Gasteiger charge is 2.22. The first-order chi connectivity index (χ1) is 17.0. The Balaban J connectivity index is 1.19. The number of aromatic nitrogens is 3. The van der Waals surface area contributed by atoms with E-state index in [-0.39, 0.29) is 18.1 Å². The van der Waals surface area contributed by atoms with Gasteiger partial charge in [-0.1, -0.05) is 47.2 Å². The van der Waals surface area contributed by atoms with Gasteiger partial charge in [0.1, 0.15) is 10.8 Å². The predicted octanol–water partition coefficient (Wildman–Crippen LogP) is 3.50. The Morgan fingerprint density at radius 2 is 1.83 bits per heavy atom. The molecule has 3 heterocycles. The lowest BCUT2D eigenvalue weighted by molar-refractivity contribution is -0.135. The van der Waals surface area contributed by atoms with Gasteiger partial charge in [-0.05, 0) is 36.8 Å². The molecule has 0 bridgehead atoms. The SMILES string of the molecule is Cc1ccccc1-c1nn2c(=O)cc(CN3CCN(C(=O)COc4ccc(Cl)cc4)CC3)nc2s1. The van der Waals surface area contributed by atoms with Crippen LogP contribution in [0.3, 0.4) is 0 Å². The first-order valence-electron chi connectivity index (χ1n) is 11.3. The van der Waals surface area contributed by atoms with Gasteiger partial charge in [0.2, 0.25) is 4.96 Å². The molecule has 1 saturated heterocycles. The molecule has 0 saturated carbocycles. The minimum atomic E-state index is -0.186. The number of ether oxygens (including phenoxy) is 1. The fraction of sp³-hybridized carbons (Fsp3) is 0.280. The summed E-state index contributed by atoms with van der Waals surface area (Å²) < 4.78 is 6.95. The van der Waals surface area contributed by atoms with Crippen LogP contribution in [0.25, 0.3) is 15.5 Å². The van der Waals surface area contributed by atoms with Gasteiger partial charge >= 0.3 is 0 Å². The number of benzene rings is 2. The van der Waals surface area contributed by atoms with Crippen LogP contribution in [0.4, 0.5) is 0 Å². The average Bonchev–Trinajstić information content (AvgIpc) is 3.29. The highest BCUT2D eigenvalue weighted by atomic mass is 35.5. The molecule has 35 heavy (non-hydrogen) atoms. The van der Waals surface area contributed by atoms with Gasteiger partial charge in [-0.25, -0.2) is 4.98 Å². The molecule has 0 spiro atoms. The molecule has 1 amide bonds. The summed E-state index contributed by atoms with van der Waals surface area (Å²) >= 11 is 7.29. The maximum Gasteiger partial charge on any atom is 0.275 e. The van der Waals surface area contributed by atoms with Gasteiger partial charge in [0, 0.05) is 49.4 Å². The quantitative estimate of drug-likeness (QED) is 0.396. The molecule has 1 fully saturated rings. The number of carbonyl (C=O) groups is 1. The van der Waals surface area contributed by atoms with Crippen molar-refractivity contribution in [2.24, 2.45) is 0 Å². The van der Waals surface area contributed by atoms with E-state index in [2.05, 4.69) is 10.00 Å². The molecule has 0 aliphatic carbocycles. The highest BCUT2D eigenvalue weighted by molar-refractivity contribution is 7.19. The van der Waals surface area contributed by atoms with Crippen molar-refractivity contribution in [1.29, 1.82) is 0 Å². The summed E-state index contributed by atoms with van der Waals surface area (Å²) in [5.41, 5.74) is 2.63. The third-order valence-corrected chi connectivity index (χ3v) is 7.15. The van der Waals surface area contributed by atoms with E-state index in [0.717, 1.165) is 16.1 Å². The number of halogens is 1. The zero-order valence-electron chi connectivity index (χ0n) is 19.2. The van der Waals surface area contributed by atoms with E-state index < -0.39 is 0 Å². The molecule has 2 aromatic carbocycles. The Morgan fingerprint density at radius 3 is 2.57 bits per heavy atom. The summed E-state index contributed by atoms with van der Waals surface area (Å²) in [6.07, 6.45) is 0. The van der Waals surface area contributed by atoms with Crippen LogP contribution in [0.2, 0.25) is 5.02 Å². The van der Waals surface area contributed by atoms with Gasteiger partial charge in [0.25, 0.3) is 11.5 Å². The van der Waals surface area contributed by atoms with Crippen molar-refractivity contribution in [1.82, 2.24) is 24.4 Å². The van der Waals surface area contributed by atoms with Gasteiger partial charge in [-0.3, -0.25) is 14.5 Å². The molecular weight excluding hydrogens is 486 g/mol. The van der Waals surface area contributed by atoms with E-state index in [4.69, 9.17) is 21.3 Å². The minimum absolute atomic E-state index is 0.00871. The topological polar surface area (TPSA) is 80.0 Å². The summed E-state index contributed by atoms with van der Waals surface area (Å²) in [6, 6.07) is 16.5. The van der Waals surface area contributed by atoms with Crippen molar-refractivity contribution < 1.29 is 9.53 Å². The summed E-state index contributed by atoms with van der Waals surface area (Å²) in [5, 5.41) is 5.89. The van der Waals surface area contributed by atoms with Crippen molar-refractivity contribution in [2.75, 3.05) is 32.8 Å². The van der Waals surface area contributed by atoms with E-state index in [1.807, 2.05) is 31.2 Å². The van der Waals surface area contributed by atoms with Crippen LogP contribution in [0.15, 0.2) is 59.4 Å². The van der Waals surface area contributed by atoms with Gasteiger partial charge in [-0.2, -0.15) is 9.61 Å². The van der Waals surface area contributed by atoms with Crippen LogP contribution in [0.5, 0.6) is 5.75 Å². The zero-order chi connectivity index (χ0) is 24.4. The van der Waals surface area contributed by atoms with Crippen LogP contribution in [0.1, 0.15) is 11.3 Å². The second-order valence-corrected chi connectivity index (χ2v) is 9.79. The Bertz CT molecular complexity index is 1410. The predicted molar refractivity (Wildman–Crippen MR) is 136 cm³/mol. The van der Waals surface area contributed by atoms with E-state index in [0.29, 0.717) is 54.2 Å². The zero-order valence-corrected chi connectivity index (χ0v) is 20.8. The molecule has 4 aromatic rings. The Hall–Kier alpha value is -3.27. The fourth-order valence-corrected chi connectivity index (χ4v) is 5.15. The molecule has 1 aliphatic rings. The maximum absolute atomic E-state index is 12.7. The first kappa shape index (κ1) is 23.5. The number of fused-ring (bicyclic) bond motifs is 1. The van der Waals surface area contributed by atoms with E-state index in [9.17, 15) is 9.59 Å². The molecule has 2 aromatic heterocycles. The molecule has 10 heteroatoms. The molecule has 8 nitrogen and oxygen atoms in total. The molecule has 0 N–H and O–H groups in total. The van der Waals surface area contributed by atoms with Crippen LogP contribution in [0, 0.1) is 6.92 Å². The number of nitrogens with zero attached hydrogens (tertiary/aromatic N) is 5. The van der Waals surface area contributed by atoms with Crippen molar-refractivity contribution in [2.45, 2.75) is 13.5 Å². The number of amides is 1. The van der Waals surface area contributed by atoms with E-state index in [1.54, 1.807) is 35.2 Å². The largest absolute Gasteiger partial charge is 0.484 e. The summed E-state index contributed by atoms with van der Waals surface area (Å²) in [5.74, 6) is 0.563. The molecular formula is C25H24ClN5O3S. The van der Waals surface area contributed by atoms with Crippen molar-refractivity contribution >= 4 is 33.8 Å². The summed E-state index contributed by atoms with van der Waals surface area (Å²) in [4.78, 5) is 34.5. The monoisotopic (exact) mass is 509 g/mol. The number of rotatable bonds is 6. The maximum atomic E-state index is 12.7. The third-order valence-electron chi connectivity index (χ3n) is 5.96. The summed E-state index contributed by atoms with van der Waals surface area (Å²) in [6.45, 7) is 5.16. The lowest BCUT2D eigenvalue weighted by Gasteiger charge is -2.34. The van der Waals surface area contributed by atoms with Gasteiger partial charge < -0.3 is 9.64 Å². The lowest BCUT2D eigenvalue weighted by atomic mass is 10.1. The van der Waals surface area contributed by atoms with Gasteiger partial charge in [0.05, 0.1) is 5.69 Å². The van der Waals surface area contributed by atoms with Gasteiger partial charge in [0.15, 0.2) is 6.61 Å². The number of piperazine rings is 1. The van der Waals surface area contributed by atoms with Crippen molar-refractivity contribution in [3.05, 3.63) is 81.2 Å². The normalized spacial score (nSPS) is 14.4. The molecule has 1 aliphatic heterocycles. The molecule has 0 unspecified atom stereocenters. The third kappa shape index (κ3) is 5.37. The molecule has 0 radical (unpaired) electrons. The smallest absolute Gasteiger partial charge is 0.275 e. The molecule has 180 valence electrons. The standard InChI is InChI=1S/C25H24ClN5O3S/c1-17-4-2-3-5-21(17)24-28-31-22(32)14-19(27-25(31)35-24)15-29-10-12-30(13-11-29)23(33)16-34-20-8-6-18(26)7-9-20/h2-9,14H,10-13,15-16H2,1H3. The Labute approximate surface area is 211 Å². The Morgan fingerprint density at radius 1 is 1.09 bits per heavy atom. The highest BCUT2D eigenvalue weighted by Crippen LogP contribution is 2.27. The van der Waals surface area contributed by atoms with Crippen LogP contribution in [-0.2, 0) is 11.3 Å². The number of hydrogen-bond acceptors (Lipinski definition) is 7. The van der Waals surface area contributed by atoms with Crippen molar-refractivity contribution in [3.8, 4) is 16.3 Å². The average molecular weight is 510 g/mol. The second-order valence-electron chi connectivity index (χ2n) is 8.40. The number of carbonyl (C=O) groups excluding carboxylic acids is 1. The minimum Gasteiger partial charge on any atom is -0.484 e. The van der Waals surface area contributed by atoms with Crippen LogP contribution < -0.4 is 10.3 Å². The molecule has 5 rings (SSSR count). The van der Waals surface area contributed by atoms with E-state index >= 15 is 0 Å². The molecule has 0 atom stereocenters. The number of hydrogen-bond donors (Lipinski definition) is 0. The Kier molecular flexibility index (Phi) is 6.81. The van der Waals surface area contributed by atoms with Crippen molar-refractivity contribution in [3.63, 3.8) is 0 Å². The first-order valence-corrected chi connectivity index (χ1v) is 12.5.